The molecule has 3 aromatic rings. The molecule has 0 fully saturated rings. The minimum absolute atomic E-state index is 0.355. The number of aromatic nitrogens is 3. The Morgan fingerprint density at radius 2 is 1.77 bits per heavy atom. The standard InChI is InChI=1S/C18H20N4/c1-15(17-8-11-19-12-9-17)21(2)14-16-4-6-18(7-5-16)22-13-3-10-20-22/h3-13,15H,14H2,1-2H3/t15-/m1/s1. The quantitative estimate of drug-likeness (QED) is 0.722. The van der Waals surface area contributed by atoms with Gasteiger partial charge in [0.15, 0.2) is 0 Å². The van der Waals surface area contributed by atoms with Gasteiger partial charge in [-0.3, -0.25) is 9.88 Å². The number of hydrogen-bond acceptors (Lipinski definition) is 3. The fourth-order valence-electron chi connectivity index (χ4n) is 2.50. The van der Waals surface area contributed by atoms with Crippen LogP contribution in [0.15, 0.2) is 67.3 Å². The molecule has 2 heterocycles. The van der Waals surface area contributed by atoms with Crippen LogP contribution < -0.4 is 0 Å². The molecule has 1 aromatic carbocycles. The van der Waals surface area contributed by atoms with Crippen molar-refractivity contribution in [3.8, 4) is 5.69 Å². The number of hydrogen-bond donors (Lipinski definition) is 0. The van der Waals surface area contributed by atoms with Crippen molar-refractivity contribution < 1.29 is 0 Å². The molecule has 0 aliphatic carbocycles. The van der Waals surface area contributed by atoms with E-state index in [1.807, 2.05) is 29.3 Å². The Morgan fingerprint density at radius 1 is 1.05 bits per heavy atom. The van der Waals surface area contributed by atoms with Crippen LogP contribution in [-0.2, 0) is 6.54 Å². The molecule has 0 unspecified atom stereocenters. The van der Waals surface area contributed by atoms with E-state index in [0.29, 0.717) is 6.04 Å². The predicted molar refractivity (Wildman–Crippen MR) is 87.7 cm³/mol. The summed E-state index contributed by atoms with van der Waals surface area (Å²) in [7, 11) is 2.15. The van der Waals surface area contributed by atoms with Crippen LogP contribution in [0, 0.1) is 0 Å². The highest BCUT2D eigenvalue weighted by Crippen LogP contribution is 2.20. The Hall–Kier alpha value is -2.46. The molecule has 1 atom stereocenters. The van der Waals surface area contributed by atoms with Crippen molar-refractivity contribution in [3.05, 3.63) is 78.4 Å². The summed E-state index contributed by atoms with van der Waals surface area (Å²) < 4.78 is 1.87. The summed E-state index contributed by atoms with van der Waals surface area (Å²) in [5, 5.41) is 4.25. The maximum Gasteiger partial charge on any atom is 0.0645 e. The normalized spacial score (nSPS) is 12.5. The van der Waals surface area contributed by atoms with E-state index >= 15 is 0 Å². The monoisotopic (exact) mass is 292 g/mol. The smallest absolute Gasteiger partial charge is 0.0645 e. The first-order valence-electron chi connectivity index (χ1n) is 7.43. The Labute approximate surface area is 131 Å². The Bertz CT molecular complexity index is 690. The van der Waals surface area contributed by atoms with E-state index in [1.165, 1.54) is 11.1 Å². The number of benzene rings is 1. The second kappa shape index (κ2) is 6.54. The highest BCUT2D eigenvalue weighted by Gasteiger charge is 2.11. The Morgan fingerprint density at radius 3 is 2.41 bits per heavy atom. The second-order valence-corrected chi connectivity index (χ2v) is 5.49. The summed E-state index contributed by atoms with van der Waals surface area (Å²) >= 11 is 0. The van der Waals surface area contributed by atoms with E-state index in [2.05, 4.69) is 65.4 Å². The predicted octanol–water partition coefficient (Wildman–Crippen LogP) is 3.46. The molecule has 112 valence electrons. The lowest BCUT2D eigenvalue weighted by atomic mass is 10.1. The van der Waals surface area contributed by atoms with Gasteiger partial charge in [-0.15, -0.1) is 0 Å². The van der Waals surface area contributed by atoms with Crippen molar-refractivity contribution in [2.75, 3.05) is 7.05 Å². The molecular formula is C18H20N4. The topological polar surface area (TPSA) is 34.0 Å². The maximum absolute atomic E-state index is 4.25. The first-order chi connectivity index (χ1) is 10.7. The summed E-state index contributed by atoms with van der Waals surface area (Å²) in [4.78, 5) is 6.41. The zero-order valence-electron chi connectivity index (χ0n) is 12.9. The van der Waals surface area contributed by atoms with Crippen molar-refractivity contribution in [1.29, 1.82) is 0 Å². The van der Waals surface area contributed by atoms with Gasteiger partial charge in [-0.1, -0.05) is 12.1 Å². The van der Waals surface area contributed by atoms with Crippen molar-refractivity contribution in [2.24, 2.45) is 0 Å². The van der Waals surface area contributed by atoms with Crippen LogP contribution in [0.25, 0.3) is 5.69 Å². The van der Waals surface area contributed by atoms with Gasteiger partial charge in [0.2, 0.25) is 0 Å². The van der Waals surface area contributed by atoms with Crippen LogP contribution in [0.1, 0.15) is 24.1 Å². The molecule has 0 N–H and O–H groups in total. The highest BCUT2D eigenvalue weighted by atomic mass is 15.3. The van der Waals surface area contributed by atoms with E-state index in [0.717, 1.165) is 12.2 Å². The van der Waals surface area contributed by atoms with Crippen LogP contribution >= 0.6 is 0 Å². The molecule has 0 amide bonds. The zero-order chi connectivity index (χ0) is 15.4. The molecule has 0 saturated heterocycles. The van der Waals surface area contributed by atoms with Gasteiger partial charge in [0.05, 0.1) is 5.69 Å². The zero-order valence-corrected chi connectivity index (χ0v) is 12.9. The molecular weight excluding hydrogens is 272 g/mol. The molecule has 3 rings (SSSR count). The van der Waals surface area contributed by atoms with Gasteiger partial charge in [0, 0.05) is 37.4 Å². The molecule has 0 spiro atoms. The third-order valence-electron chi connectivity index (χ3n) is 3.99. The van der Waals surface area contributed by atoms with Crippen LogP contribution in [0.3, 0.4) is 0 Å². The Kier molecular flexibility index (Phi) is 4.30. The van der Waals surface area contributed by atoms with E-state index < -0.39 is 0 Å². The molecule has 4 heteroatoms. The lowest BCUT2D eigenvalue weighted by Crippen LogP contribution is -2.21. The van der Waals surface area contributed by atoms with Gasteiger partial charge < -0.3 is 0 Å². The van der Waals surface area contributed by atoms with Gasteiger partial charge in [-0.2, -0.15) is 5.10 Å². The number of rotatable bonds is 5. The molecule has 2 aromatic heterocycles. The molecule has 0 bridgehead atoms. The number of nitrogens with zero attached hydrogens (tertiary/aromatic N) is 4. The van der Waals surface area contributed by atoms with Crippen molar-refractivity contribution in [2.45, 2.75) is 19.5 Å². The van der Waals surface area contributed by atoms with Crippen molar-refractivity contribution in [1.82, 2.24) is 19.7 Å². The van der Waals surface area contributed by atoms with Gasteiger partial charge in [0.25, 0.3) is 0 Å². The minimum atomic E-state index is 0.355. The van der Waals surface area contributed by atoms with Gasteiger partial charge in [0.1, 0.15) is 0 Å². The van der Waals surface area contributed by atoms with Gasteiger partial charge in [-0.05, 0) is 55.4 Å². The molecule has 0 aliphatic rings. The highest BCUT2D eigenvalue weighted by molar-refractivity contribution is 5.33. The van der Waals surface area contributed by atoms with Crippen molar-refractivity contribution >= 4 is 0 Å². The lowest BCUT2D eigenvalue weighted by molar-refractivity contribution is 0.253. The first kappa shape index (κ1) is 14.5. The van der Waals surface area contributed by atoms with E-state index in [4.69, 9.17) is 0 Å². The van der Waals surface area contributed by atoms with Gasteiger partial charge in [-0.25, -0.2) is 4.68 Å². The largest absolute Gasteiger partial charge is 0.295 e. The maximum atomic E-state index is 4.25. The fourth-order valence-corrected chi connectivity index (χ4v) is 2.50. The fraction of sp³-hybridized carbons (Fsp3) is 0.222. The summed E-state index contributed by atoms with van der Waals surface area (Å²) in [5.41, 5.74) is 3.66. The minimum Gasteiger partial charge on any atom is -0.295 e. The Balaban J connectivity index is 1.68. The summed E-state index contributed by atoms with van der Waals surface area (Å²) in [6.45, 7) is 3.12. The second-order valence-electron chi connectivity index (χ2n) is 5.49. The average Bonchev–Trinajstić information content (AvgIpc) is 3.10. The SMILES string of the molecule is C[C@H](c1ccncc1)N(C)Cc1ccc(-n2cccn2)cc1. The molecule has 0 aliphatic heterocycles. The third-order valence-corrected chi connectivity index (χ3v) is 3.99. The molecule has 0 radical (unpaired) electrons. The van der Waals surface area contributed by atoms with Crippen molar-refractivity contribution in [3.63, 3.8) is 0 Å². The van der Waals surface area contributed by atoms with Crippen LogP contribution in [-0.4, -0.2) is 26.7 Å². The van der Waals surface area contributed by atoms with E-state index in [-0.39, 0.29) is 0 Å². The number of pyridine rings is 1. The van der Waals surface area contributed by atoms with Crippen LogP contribution in [0.4, 0.5) is 0 Å². The van der Waals surface area contributed by atoms with E-state index in [1.54, 1.807) is 6.20 Å². The third kappa shape index (κ3) is 3.23. The summed E-state index contributed by atoms with van der Waals surface area (Å²) in [5.74, 6) is 0. The van der Waals surface area contributed by atoms with Crippen LogP contribution in [0.5, 0.6) is 0 Å². The summed E-state index contributed by atoms with van der Waals surface area (Å²) in [6, 6.07) is 15.0. The van der Waals surface area contributed by atoms with Gasteiger partial charge >= 0.3 is 0 Å². The van der Waals surface area contributed by atoms with E-state index in [9.17, 15) is 0 Å². The average molecular weight is 292 g/mol. The summed E-state index contributed by atoms with van der Waals surface area (Å²) in [6.07, 6.45) is 7.43. The molecule has 4 nitrogen and oxygen atoms in total. The first-order valence-corrected chi connectivity index (χ1v) is 7.43. The molecule has 22 heavy (non-hydrogen) atoms. The lowest BCUT2D eigenvalue weighted by Gasteiger charge is -2.25. The molecule has 0 saturated carbocycles. The van der Waals surface area contributed by atoms with Crippen LogP contribution in [0.2, 0.25) is 0 Å².